The van der Waals surface area contributed by atoms with E-state index < -0.39 is 6.10 Å². The Kier molecular flexibility index (Phi) is 5.88. The molecule has 0 spiro atoms. The molecule has 2 nitrogen and oxygen atoms in total. The number of aliphatic hydroxyl groups excluding tert-OH is 1. The minimum absolute atomic E-state index is 0. The van der Waals surface area contributed by atoms with Gasteiger partial charge < -0.3 is 10.4 Å². The van der Waals surface area contributed by atoms with Crippen molar-refractivity contribution in [2.75, 3.05) is 6.54 Å². The topological polar surface area (TPSA) is 32.3 Å². The summed E-state index contributed by atoms with van der Waals surface area (Å²) in [6, 6.07) is 9.71. The molecule has 0 bridgehead atoms. The first-order valence-corrected chi connectivity index (χ1v) is 4.97. The van der Waals surface area contributed by atoms with Gasteiger partial charge in [-0.2, -0.15) is 0 Å². The fourth-order valence-electron chi connectivity index (χ4n) is 1.20. The molecule has 1 aromatic rings. The van der Waals surface area contributed by atoms with Crippen molar-refractivity contribution in [3.8, 4) is 0 Å². The Morgan fingerprint density at radius 1 is 1.20 bits per heavy atom. The van der Waals surface area contributed by atoms with Gasteiger partial charge in [0.05, 0.1) is 6.10 Å². The van der Waals surface area contributed by atoms with Crippen LogP contribution in [0.5, 0.6) is 0 Å². The molecule has 0 saturated carbocycles. The summed E-state index contributed by atoms with van der Waals surface area (Å²) < 4.78 is 0. The van der Waals surface area contributed by atoms with Crippen LogP contribution in [0.2, 0.25) is 0 Å². The molecule has 1 rings (SSSR count). The summed E-state index contributed by atoms with van der Waals surface area (Å²) >= 11 is 0. The van der Waals surface area contributed by atoms with Crippen LogP contribution in [0.3, 0.4) is 0 Å². The van der Waals surface area contributed by atoms with Crippen LogP contribution in [0.1, 0.15) is 32.4 Å². The van der Waals surface area contributed by atoms with E-state index in [1.807, 2.05) is 30.3 Å². The molecule has 0 aromatic heterocycles. The van der Waals surface area contributed by atoms with E-state index in [0.717, 1.165) is 5.56 Å². The molecule has 1 unspecified atom stereocenters. The van der Waals surface area contributed by atoms with Gasteiger partial charge in [0.1, 0.15) is 0 Å². The van der Waals surface area contributed by atoms with E-state index in [1.54, 1.807) is 0 Å². The first-order chi connectivity index (χ1) is 6.49. The van der Waals surface area contributed by atoms with E-state index in [9.17, 15) is 5.11 Å². The Bertz CT molecular complexity index is 269. The Morgan fingerprint density at radius 3 is 2.20 bits per heavy atom. The maximum absolute atomic E-state index is 9.82. The summed E-state index contributed by atoms with van der Waals surface area (Å²) in [6.07, 6.45) is -0.421. The van der Waals surface area contributed by atoms with Crippen molar-refractivity contribution < 1.29 is 5.11 Å². The summed E-state index contributed by atoms with van der Waals surface area (Å²) in [5, 5.41) is 13.1. The second kappa shape index (κ2) is 6.11. The van der Waals surface area contributed by atoms with Gasteiger partial charge in [0.25, 0.3) is 0 Å². The Hall–Kier alpha value is -0.570. The third-order valence-corrected chi connectivity index (χ3v) is 2.01. The summed E-state index contributed by atoms with van der Waals surface area (Å²) in [6.45, 7) is 6.85. The molecule has 0 heterocycles. The van der Waals surface area contributed by atoms with E-state index in [0.29, 0.717) is 6.54 Å². The Labute approximate surface area is 98.1 Å². The predicted molar refractivity (Wildman–Crippen MR) is 66.4 cm³/mol. The SMILES string of the molecule is CC(C)(C)NCC(O)c1ccccc1.Cl. The molecule has 0 fully saturated rings. The van der Waals surface area contributed by atoms with Crippen LogP contribution in [0.25, 0.3) is 0 Å². The molecule has 0 radical (unpaired) electrons. The molecule has 1 aromatic carbocycles. The van der Waals surface area contributed by atoms with Crippen LogP contribution in [0, 0.1) is 0 Å². The molecule has 0 aliphatic carbocycles. The van der Waals surface area contributed by atoms with Gasteiger partial charge in [0, 0.05) is 12.1 Å². The minimum Gasteiger partial charge on any atom is -0.387 e. The fraction of sp³-hybridized carbons (Fsp3) is 0.500. The fourth-order valence-corrected chi connectivity index (χ4v) is 1.20. The van der Waals surface area contributed by atoms with Crippen molar-refractivity contribution >= 4 is 12.4 Å². The highest BCUT2D eigenvalue weighted by molar-refractivity contribution is 5.85. The normalized spacial score (nSPS) is 13.1. The van der Waals surface area contributed by atoms with Gasteiger partial charge in [-0.15, -0.1) is 12.4 Å². The molecular weight excluding hydrogens is 210 g/mol. The number of rotatable bonds is 3. The zero-order chi connectivity index (χ0) is 10.6. The third kappa shape index (κ3) is 5.78. The van der Waals surface area contributed by atoms with Crippen LogP contribution in [0.4, 0.5) is 0 Å². The van der Waals surface area contributed by atoms with Crippen molar-refractivity contribution in [1.82, 2.24) is 5.32 Å². The molecule has 86 valence electrons. The molecule has 0 aliphatic heterocycles. The van der Waals surface area contributed by atoms with E-state index in [-0.39, 0.29) is 17.9 Å². The van der Waals surface area contributed by atoms with Gasteiger partial charge in [0.2, 0.25) is 0 Å². The van der Waals surface area contributed by atoms with E-state index in [2.05, 4.69) is 26.1 Å². The smallest absolute Gasteiger partial charge is 0.0914 e. The lowest BCUT2D eigenvalue weighted by atomic mass is 10.1. The quantitative estimate of drug-likeness (QED) is 0.835. The lowest BCUT2D eigenvalue weighted by molar-refractivity contribution is 0.163. The second-order valence-electron chi connectivity index (χ2n) is 4.56. The van der Waals surface area contributed by atoms with Gasteiger partial charge >= 0.3 is 0 Å². The molecular formula is C12H20ClNO. The van der Waals surface area contributed by atoms with Crippen molar-refractivity contribution in [2.45, 2.75) is 32.4 Å². The number of β-amino-alcohol motifs (C(OH)–C–C–N with tert-alkyl or cyclic N) is 1. The summed E-state index contributed by atoms with van der Waals surface area (Å²) in [7, 11) is 0. The predicted octanol–water partition coefficient (Wildman–Crippen LogP) is 2.53. The lowest BCUT2D eigenvalue weighted by Gasteiger charge is -2.23. The van der Waals surface area contributed by atoms with Crippen LogP contribution in [-0.2, 0) is 0 Å². The highest BCUT2D eigenvalue weighted by atomic mass is 35.5. The first-order valence-electron chi connectivity index (χ1n) is 4.97. The van der Waals surface area contributed by atoms with Crippen LogP contribution in [-0.4, -0.2) is 17.2 Å². The monoisotopic (exact) mass is 229 g/mol. The van der Waals surface area contributed by atoms with E-state index in [1.165, 1.54) is 0 Å². The standard InChI is InChI=1S/C12H19NO.ClH/c1-12(2,3)13-9-11(14)10-7-5-4-6-8-10;/h4-8,11,13-14H,9H2,1-3H3;1H. The van der Waals surface area contributed by atoms with Crippen molar-refractivity contribution in [3.63, 3.8) is 0 Å². The van der Waals surface area contributed by atoms with E-state index in [4.69, 9.17) is 0 Å². The van der Waals surface area contributed by atoms with Crippen molar-refractivity contribution in [1.29, 1.82) is 0 Å². The van der Waals surface area contributed by atoms with Gasteiger partial charge in [-0.05, 0) is 26.3 Å². The molecule has 15 heavy (non-hydrogen) atoms. The van der Waals surface area contributed by atoms with Gasteiger partial charge in [0.15, 0.2) is 0 Å². The maximum Gasteiger partial charge on any atom is 0.0914 e. The minimum atomic E-state index is -0.421. The maximum atomic E-state index is 9.82. The summed E-state index contributed by atoms with van der Waals surface area (Å²) in [5.74, 6) is 0. The Balaban J connectivity index is 0.00000196. The number of benzene rings is 1. The summed E-state index contributed by atoms with van der Waals surface area (Å²) in [4.78, 5) is 0. The zero-order valence-electron chi connectivity index (χ0n) is 9.53. The summed E-state index contributed by atoms with van der Waals surface area (Å²) in [5.41, 5.74) is 1.01. The molecule has 0 amide bonds. The van der Waals surface area contributed by atoms with Crippen LogP contribution < -0.4 is 5.32 Å². The van der Waals surface area contributed by atoms with Crippen LogP contribution in [0.15, 0.2) is 30.3 Å². The van der Waals surface area contributed by atoms with Gasteiger partial charge in [-0.25, -0.2) is 0 Å². The van der Waals surface area contributed by atoms with Gasteiger partial charge in [-0.3, -0.25) is 0 Å². The third-order valence-electron chi connectivity index (χ3n) is 2.01. The molecule has 0 saturated heterocycles. The number of halogens is 1. The average Bonchev–Trinajstić information content (AvgIpc) is 2.14. The number of hydrogen-bond acceptors (Lipinski definition) is 2. The van der Waals surface area contributed by atoms with Crippen molar-refractivity contribution in [2.24, 2.45) is 0 Å². The highest BCUT2D eigenvalue weighted by Gasteiger charge is 2.12. The number of hydrogen-bond donors (Lipinski definition) is 2. The number of aliphatic hydroxyl groups is 1. The Morgan fingerprint density at radius 2 is 1.73 bits per heavy atom. The van der Waals surface area contributed by atoms with Gasteiger partial charge in [-0.1, -0.05) is 30.3 Å². The molecule has 3 heteroatoms. The largest absolute Gasteiger partial charge is 0.387 e. The molecule has 1 atom stereocenters. The van der Waals surface area contributed by atoms with E-state index >= 15 is 0 Å². The second-order valence-corrected chi connectivity index (χ2v) is 4.56. The number of nitrogens with one attached hydrogen (secondary N) is 1. The lowest BCUT2D eigenvalue weighted by Crippen LogP contribution is -2.38. The first kappa shape index (κ1) is 14.4. The molecule has 2 N–H and O–H groups in total. The van der Waals surface area contributed by atoms with Crippen LogP contribution >= 0.6 is 12.4 Å². The highest BCUT2D eigenvalue weighted by Crippen LogP contribution is 2.12. The zero-order valence-corrected chi connectivity index (χ0v) is 10.3. The molecule has 0 aliphatic rings. The van der Waals surface area contributed by atoms with Crippen molar-refractivity contribution in [3.05, 3.63) is 35.9 Å². The average molecular weight is 230 g/mol.